The van der Waals surface area contributed by atoms with Gasteiger partial charge < -0.3 is 39.0 Å². The number of aromatic nitrogens is 2. The lowest BCUT2D eigenvalue weighted by Crippen LogP contribution is -2.56. The van der Waals surface area contributed by atoms with Crippen LogP contribution in [0.2, 0.25) is 0 Å². The average molecular weight is 637 g/mol. The van der Waals surface area contributed by atoms with Gasteiger partial charge in [0.2, 0.25) is 18.6 Å². The van der Waals surface area contributed by atoms with E-state index >= 15 is 0 Å². The summed E-state index contributed by atoms with van der Waals surface area (Å²) in [5, 5.41) is 12.2. The molecule has 0 unspecified atom stereocenters. The van der Waals surface area contributed by atoms with E-state index in [0.29, 0.717) is 59.2 Å². The highest BCUT2D eigenvalue weighted by Crippen LogP contribution is 2.38. The Kier molecular flexibility index (Phi) is 9.13. The number of hydrogen-bond acceptors (Lipinski definition) is 10. The number of rotatable bonds is 10. The van der Waals surface area contributed by atoms with E-state index in [4.69, 9.17) is 28.7 Å². The molecule has 0 spiro atoms. The molecule has 3 heterocycles. The molecule has 0 radical (unpaired) electrons. The zero-order valence-electron chi connectivity index (χ0n) is 26.9. The molecular formula is C33H40N4O9. The first-order valence-electron chi connectivity index (χ1n) is 15.1. The van der Waals surface area contributed by atoms with Crippen molar-refractivity contribution in [2.75, 3.05) is 33.7 Å². The van der Waals surface area contributed by atoms with Crippen LogP contribution in [0.4, 0.5) is 4.79 Å². The lowest BCUT2D eigenvalue weighted by molar-refractivity contribution is -0.150. The number of alkyl carbamates (subject to hydrolysis) is 1. The number of likely N-dealkylation sites (tertiary alicyclic amines) is 1. The summed E-state index contributed by atoms with van der Waals surface area (Å²) in [5.74, 6) is 0.642. The van der Waals surface area contributed by atoms with Gasteiger partial charge in [0, 0.05) is 29.7 Å². The van der Waals surface area contributed by atoms with Crippen LogP contribution in [-0.2, 0) is 14.3 Å². The quantitative estimate of drug-likeness (QED) is 0.319. The van der Waals surface area contributed by atoms with Gasteiger partial charge in [-0.2, -0.15) is 0 Å². The molecule has 0 saturated carbocycles. The smallest absolute Gasteiger partial charge is 0.407 e. The minimum absolute atomic E-state index is 0.00508. The maximum absolute atomic E-state index is 13.3. The van der Waals surface area contributed by atoms with Crippen LogP contribution in [-0.4, -0.2) is 83.7 Å². The van der Waals surface area contributed by atoms with Gasteiger partial charge in [-0.05, 0) is 30.4 Å². The fraction of sp³-hybridized carbons (Fsp3) is 0.485. The molecule has 1 saturated heterocycles. The van der Waals surface area contributed by atoms with Crippen molar-refractivity contribution in [3.8, 4) is 34.4 Å². The zero-order chi connectivity index (χ0) is 33.2. The monoisotopic (exact) mass is 636 g/mol. The summed E-state index contributed by atoms with van der Waals surface area (Å²) in [4.78, 5) is 48.6. The molecule has 46 heavy (non-hydrogen) atoms. The van der Waals surface area contributed by atoms with Gasteiger partial charge in [-0.3, -0.25) is 4.79 Å². The molecule has 1 fully saturated rings. The van der Waals surface area contributed by atoms with E-state index in [-0.39, 0.29) is 20.0 Å². The predicted octanol–water partition coefficient (Wildman–Crippen LogP) is 4.66. The summed E-state index contributed by atoms with van der Waals surface area (Å²) in [7, 11) is 1.53. The highest BCUT2D eigenvalue weighted by molar-refractivity contribution is 5.90. The van der Waals surface area contributed by atoms with E-state index < -0.39 is 40.9 Å². The van der Waals surface area contributed by atoms with Gasteiger partial charge in [0.05, 0.1) is 24.8 Å². The Morgan fingerprint density at radius 1 is 1.04 bits per heavy atom. The number of amides is 2. The Hall–Kier alpha value is -4.81. The fourth-order valence-electron chi connectivity index (χ4n) is 5.34. The number of aliphatic carboxylic acids is 1. The molecule has 1 aromatic heterocycles. The molecule has 13 heteroatoms. The van der Waals surface area contributed by atoms with Crippen molar-refractivity contribution in [2.24, 2.45) is 10.8 Å². The first-order valence-corrected chi connectivity index (χ1v) is 15.1. The molecule has 2 aromatic carbocycles. The number of benzene rings is 2. The number of fused-ring (bicyclic) bond motifs is 2. The number of hydrogen-bond donors (Lipinski definition) is 2. The summed E-state index contributed by atoms with van der Waals surface area (Å²) >= 11 is 0. The lowest BCUT2D eigenvalue weighted by Gasteiger charge is -2.34. The summed E-state index contributed by atoms with van der Waals surface area (Å²) in [6.07, 6.45) is 0.214. The van der Waals surface area contributed by atoms with E-state index in [1.807, 2.05) is 58.9 Å². The summed E-state index contributed by atoms with van der Waals surface area (Å²) in [6.45, 7) is 9.89. The van der Waals surface area contributed by atoms with Crippen LogP contribution in [0.3, 0.4) is 0 Å². The van der Waals surface area contributed by atoms with Crippen molar-refractivity contribution >= 4 is 29.0 Å². The molecule has 13 nitrogen and oxygen atoms in total. The number of carbonyl (C=O) groups excluding carboxylic acids is 2. The molecule has 2 aliphatic heterocycles. The topological polar surface area (TPSA) is 159 Å². The molecule has 246 valence electrons. The van der Waals surface area contributed by atoms with Crippen molar-refractivity contribution in [3.63, 3.8) is 0 Å². The van der Waals surface area contributed by atoms with Crippen LogP contribution < -0.4 is 24.3 Å². The first-order chi connectivity index (χ1) is 21.8. The van der Waals surface area contributed by atoms with E-state index in [0.717, 1.165) is 5.56 Å². The van der Waals surface area contributed by atoms with Gasteiger partial charge in [0.15, 0.2) is 11.5 Å². The third kappa shape index (κ3) is 7.19. The van der Waals surface area contributed by atoms with Crippen molar-refractivity contribution in [3.05, 3.63) is 36.4 Å². The third-order valence-corrected chi connectivity index (χ3v) is 7.85. The zero-order valence-corrected chi connectivity index (χ0v) is 26.9. The van der Waals surface area contributed by atoms with Crippen molar-refractivity contribution in [2.45, 2.75) is 59.5 Å². The largest absolute Gasteiger partial charge is 0.493 e. The minimum atomic E-state index is -1.05. The van der Waals surface area contributed by atoms with Gasteiger partial charge >= 0.3 is 12.1 Å². The summed E-state index contributed by atoms with van der Waals surface area (Å²) in [6, 6.07) is 9.06. The Morgan fingerprint density at radius 3 is 2.39 bits per heavy atom. The van der Waals surface area contributed by atoms with Crippen molar-refractivity contribution in [1.82, 2.24) is 20.2 Å². The predicted molar refractivity (Wildman–Crippen MR) is 167 cm³/mol. The summed E-state index contributed by atoms with van der Waals surface area (Å²) < 4.78 is 28.1. The molecule has 3 aromatic rings. The molecule has 2 aliphatic rings. The van der Waals surface area contributed by atoms with Gasteiger partial charge in [-0.1, -0.05) is 46.8 Å². The van der Waals surface area contributed by atoms with Crippen LogP contribution in [0.5, 0.6) is 23.1 Å². The fourth-order valence-corrected chi connectivity index (χ4v) is 5.34. The first kappa shape index (κ1) is 32.6. The number of methoxy groups -OCH3 is 1. The number of carboxylic acids is 1. The maximum Gasteiger partial charge on any atom is 0.407 e. The normalized spacial score (nSPS) is 16.7. The van der Waals surface area contributed by atoms with E-state index in [2.05, 4.69) is 10.3 Å². The molecule has 0 aliphatic carbocycles. The van der Waals surface area contributed by atoms with E-state index in [1.165, 1.54) is 12.0 Å². The van der Waals surface area contributed by atoms with Crippen molar-refractivity contribution in [1.29, 1.82) is 0 Å². The summed E-state index contributed by atoms with van der Waals surface area (Å²) in [5.41, 5.74) is 1.23. The highest BCUT2D eigenvalue weighted by atomic mass is 16.7. The van der Waals surface area contributed by atoms with Gasteiger partial charge in [-0.15, -0.1) is 0 Å². The number of ether oxygens (including phenoxy) is 5. The molecule has 2 amide bonds. The number of carbonyl (C=O) groups is 3. The van der Waals surface area contributed by atoms with Crippen LogP contribution in [0, 0.1) is 10.8 Å². The van der Waals surface area contributed by atoms with Crippen LogP contribution in [0.25, 0.3) is 22.3 Å². The second kappa shape index (κ2) is 12.9. The minimum Gasteiger partial charge on any atom is -0.493 e. The number of nitrogens with one attached hydrogen (secondary N) is 1. The maximum atomic E-state index is 13.3. The van der Waals surface area contributed by atoms with Crippen LogP contribution >= 0.6 is 0 Å². The van der Waals surface area contributed by atoms with E-state index in [9.17, 15) is 19.5 Å². The lowest BCUT2D eigenvalue weighted by atomic mass is 9.85. The molecule has 2 atom stereocenters. The van der Waals surface area contributed by atoms with Gasteiger partial charge in [-0.25, -0.2) is 19.6 Å². The molecule has 0 bridgehead atoms. The average Bonchev–Trinajstić information content (AvgIpc) is 3.69. The van der Waals surface area contributed by atoms with Crippen molar-refractivity contribution < 1.29 is 43.2 Å². The Labute approximate surface area is 267 Å². The third-order valence-electron chi connectivity index (χ3n) is 7.85. The number of nitrogens with zero attached hydrogens (tertiary/aromatic N) is 3. The molecule has 5 rings (SSSR count). The molecule has 2 N–H and O–H groups in total. The van der Waals surface area contributed by atoms with Gasteiger partial charge in [0.1, 0.15) is 30.1 Å². The van der Waals surface area contributed by atoms with E-state index in [1.54, 1.807) is 12.1 Å². The Balaban J connectivity index is 1.21. The standard InChI is InChI=1S/C33H40N4O9/c1-32(2,3)27(29(38)37-12-8-11-23(37)30(39)40)36-31(41)44-17-33(4,5)16-43-20-10-7-9-19(13-20)26-28(42-6)35-22-15-25-24(45-18-46-25)14-21(22)34-26/h7,9-10,13-15,23,27H,8,11-12,16-18H2,1-6H3,(H,36,41)(H,39,40)/t23-,27+/m0/s1. The SMILES string of the molecule is COc1nc2cc3c(cc2nc1-c1cccc(OCC(C)(C)COC(=O)N[C@H](C(=O)N2CCC[C@H]2C(=O)O)C(C)(C)C)c1)OCO3. The van der Waals surface area contributed by atoms with Crippen LogP contribution in [0.1, 0.15) is 47.5 Å². The second-order valence-electron chi connectivity index (χ2n) is 13.3. The Bertz CT molecular complexity index is 1640. The Morgan fingerprint density at radius 2 is 1.74 bits per heavy atom. The second-order valence-corrected chi connectivity index (χ2v) is 13.3. The van der Waals surface area contributed by atoms with Crippen LogP contribution in [0.15, 0.2) is 36.4 Å². The highest BCUT2D eigenvalue weighted by Gasteiger charge is 2.42. The number of carboxylic acid groups (broad SMARTS) is 1. The molecular weight excluding hydrogens is 596 g/mol. The van der Waals surface area contributed by atoms with Gasteiger partial charge in [0.25, 0.3) is 0 Å².